The van der Waals surface area contributed by atoms with Gasteiger partial charge in [0.2, 0.25) is 0 Å². The molecule has 0 bridgehead atoms. The number of amides is 1. The molecule has 0 aliphatic carbocycles. The summed E-state index contributed by atoms with van der Waals surface area (Å²) in [4.78, 5) is 22.5. The van der Waals surface area contributed by atoms with Crippen molar-refractivity contribution >= 4 is 17.3 Å². The number of rotatable bonds is 7. The highest BCUT2D eigenvalue weighted by Gasteiger charge is 2.16. The van der Waals surface area contributed by atoms with E-state index in [1.807, 2.05) is 0 Å². The Kier molecular flexibility index (Phi) is 5.78. The number of hydrogen-bond acceptors (Lipinski definition) is 6. The van der Waals surface area contributed by atoms with E-state index in [2.05, 4.69) is 5.32 Å². The van der Waals surface area contributed by atoms with Crippen LogP contribution in [0.2, 0.25) is 0 Å². The van der Waals surface area contributed by atoms with Crippen LogP contribution in [0.15, 0.2) is 36.4 Å². The summed E-state index contributed by atoms with van der Waals surface area (Å²) in [7, 11) is 3.00. The summed E-state index contributed by atoms with van der Waals surface area (Å²) in [5.74, 6) is 0.615. The highest BCUT2D eigenvalue weighted by atomic mass is 16.6. The zero-order valence-corrected chi connectivity index (χ0v) is 14.1. The third-order valence-electron chi connectivity index (χ3n) is 3.31. The van der Waals surface area contributed by atoms with Gasteiger partial charge >= 0.3 is 5.69 Å². The number of carbonyl (C=O) groups excluding carboxylic acids is 1. The molecule has 8 heteroatoms. The third kappa shape index (κ3) is 4.84. The van der Waals surface area contributed by atoms with E-state index >= 15 is 0 Å². The number of ether oxygens (including phenoxy) is 3. The molecule has 0 fully saturated rings. The van der Waals surface area contributed by atoms with Gasteiger partial charge in [-0.2, -0.15) is 0 Å². The average molecular weight is 346 g/mol. The maximum atomic E-state index is 12.1. The standard InChI is InChI=1S/C17H18N2O6/c1-11-4-5-15(19(21)22)16(6-11)25-10-17(20)18-12-7-13(23-2)9-14(8-12)24-3/h4-9H,10H2,1-3H3,(H,18,20). The largest absolute Gasteiger partial charge is 0.497 e. The van der Waals surface area contributed by atoms with Crippen LogP contribution in [0.4, 0.5) is 11.4 Å². The second-order valence-electron chi connectivity index (χ2n) is 5.17. The van der Waals surface area contributed by atoms with Crippen molar-refractivity contribution in [2.45, 2.75) is 6.92 Å². The number of nitro benzene ring substituents is 1. The van der Waals surface area contributed by atoms with Crippen LogP contribution in [0.1, 0.15) is 5.56 Å². The van der Waals surface area contributed by atoms with Crippen molar-refractivity contribution < 1.29 is 23.9 Å². The van der Waals surface area contributed by atoms with Gasteiger partial charge in [-0.25, -0.2) is 0 Å². The average Bonchev–Trinajstić information content (AvgIpc) is 2.59. The van der Waals surface area contributed by atoms with Crippen molar-refractivity contribution in [1.29, 1.82) is 0 Å². The molecule has 1 amide bonds. The van der Waals surface area contributed by atoms with E-state index in [0.717, 1.165) is 5.56 Å². The molecule has 0 heterocycles. The van der Waals surface area contributed by atoms with Gasteiger partial charge in [0.15, 0.2) is 12.4 Å². The number of anilines is 1. The van der Waals surface area contributed by atoms with Crippen molar-refractivity contribution in [1.82, 2.24) is 0 Å². The topological polar surface area (TPSA) is 99.9 Å². The van der Waals surface area contributed by atoms with Gasteiger partial charge in [0.1, 0.15) is 11.5 Å². The SMILES string of the molecule is COc1cc(NC(=O)COc2cc(C)ccc2[N+](=O)[O-])cc(OC)c1. The lowest BCUT2D eigenvalue weighted by Gasteiger charge is -2.11. The normalized spacial score (nSPS) is 10.0. The molecule has 8 nitrogen and oxygen atoms in total. The lowest BCUT2D eigenvalue weighted by atomic mass is 10.2. The van der Waals surface area contributed by atoms with Crippen LogP contribution in [0, 0.1) is 17.0 Å². The van der Waals surface area contributed by atoms with Crippen LogP contribution in [0.25, 0.3) is 0 Å². The molecule has 0 saturated heterocycles. The van der Waals surface area contributed by atoms with Crippen molar-refractivity contribution in [3.8, 4) is 17.2 Å². The van der Waals surface area contributed by atoms with E-state index in [-0.39, 0.29) is 18.0 Å². The predicted molar refractivity (Wildman–Crippen MR) is 91.5 cm³/mol. The molecule has 0 spiro atoms. The smallest absolute Gasteiger partial charge is 0.310 e. The number of nitrogens with one attached hydrogen (secondary N) is 1. The van der Waals surface area contributed by atoms with E-state index in [1.165, 1.54) is 26.4 Å². The Balaban J connectivity index is 2.07. The summed E-state index contributed by atoms with van der Waals surface area (Å²) in [6.45, 7) is 1.41. The van der Waals surface area contributed by atoms with Crippen LogP contribution >= 0.6 is 0 Å². The molecule has 25 heavy (non-hydrogen) atoms. The maximum Gasteiger partial charge on any atom is 0.310 e. The van der Waals surface area contributed by atoms with Crippen LogP contribution in [0.3, 0.4) is 0 Å². The monoisotopic (exact) mass is 346 g/mol. The number of nitro groups is 1. The molecule has 2 rings (SSSR count). The van der Waals surface area contributed by atoms with Crippen LogP contribution in [-0.2, 0) is 4.79 Å². The molecule has 132 valence electrons. The van der Waals surface area contributed by atoms with Gasteiger partial charge in [-0.05, 0) is 18.6 Å². The Bertz CT molecular complexity index is 768. The van der Waals surface area contributed by atoms with Gasteiger partial charge in [-0.15, -0.1) is 0 Å². The van der Waals surface area contributed by atoms with Crippen LogP contribution in [-0.4, -0.2) is 31.7 Å². The summed E-state index contributed by atoms with van der Waals surface area (Å²) in [6, 6.07) is 9.37. The number of benzene rings is 2. The van der Waals surface area contributed by atoms with E-state index < -0.39 is 10.8 Å². The number of methoxy groups -OCH3 is 2. The summed E-state index contributed by atoms with van der Waals surface area (Å²) < 4.78 is 15.6. The predicted octanol–water partition coefficient (Wildman–Crippen LogP) is 2.94. The van der Waals surface area contributed by atoms with Gasteiger partial charge < -0.3 is 19.5 Å². The van der Waals surface area contributed by atoms with Crippen molar-refractivity contribution in [3.05, 3.63) is 52.1 Å². The number of carbonyl (C=O) groups is 1. The minimum atomic E-state index is -0.556. The van der Waals surface area contributed by atoms with Crippen molar-refractivity contribution in [2.24, 2.45) is 0 Å². The quantitative estimate of drug-likeness (QED) is 0.611. The fourth-order valence-corrected chi connectivity index (χ4v) is 2.11. The molecule has 0 radical (unpaired) electrons. The minimum absolute atomic E-state index is 0.0448. The van der Waals surface area contributed by atoms with Crippen LogP contribution < -0.4 is 19.5 Å². The van der Waals surface area contributed by atoms with E-state index in [9.17, 15) is 14.9 Å². The molecule has 0 aliphatic rings. The molecule has 0 aromatic heterocycles. The third-order valence-corrected chi connectivity index (χ3v) is 3.31. The first-order chi connectivity index (χ1) is 11.9. The van der Waals surface area contributed by atoms with Crippen molar-refractivity contribution in [3.63, 3.8) is 0 Å². The maximum absolute atomic E-state index is 12.1. The fourth-order valence-electron chi connectivity index (χ4n) is 2.11. The second kappa shape index (κ2) is 8.00. The summed E-state index contributed by atoms with van der Waals surface area (Å²) >= 11 is 0. The number of nitrogens with zero attached hydrogens (tertiary/aromatic N) is 1. The summed E-state index contributed by atoms with van der Waals surface area (Å²) in [5, 5.41) is 13.6. The van der Waals surface area contributed by atoms with Gasteiger partial charge in [0.05, 0.1) is 19.1 Å². The van der Waals surface area contributed by atoms with Gasteiger partial charge in [0, 0.05) is 30.0 Å². The Morgan fingerprint density at radius 2 is 1.76 bits per heavy atom. The molecule has 1 N–H and O–H groups in total. The highest BCUT2D eigenvalue weighted by molar-refractivity contribution is 5.92. The first kappa shape index (κ1) is 18.1. The van der Waals surface area contributed by atoms with Crippen LogP contribution in [0.5, 0.6) is 17.2 Å². The Labute approximate surface area is 144 Å². The Hall–Kier alpha value is -3.29. The zero-order chi connectivity index (χ0) is 18.4. The second-order valence-corrected chi connectivity index (χ2v) is 5.17. The first-order valence-electron chi connectivity index (χ1n) is 7.33. The molecule has 0 unspecified atom stereocenters. The lowest BCUT2D eigenvalue weighted by molar-refractivity contribution is -0.385. The van der Waals surface area contributed by atoms with Gasteiger partial charge in [0.25, 0.3) is 5.91 Å². The lowest BCUT2D eigenvalue weighted by Crippen LogP contribution is -2.20. The number of hydrogen-bond donors (Lipinski definition) is 1. The van der Waals surface area contributed by atoms with Gasteiger partial charge in [-0.3, -0.25) is 14.9 Å². The number of aryl methyl sites for hydroxylation is 1. The first-order valence-corrected chi connectivity index (χ1v) is 7.33. The summed E-state index contributed by atoms with van der Waals surface area (Å²) in [5.41, 5.74) is 1.06. The Morgan fingerprint density at radius 1 is 1.12 bits per heavy atom. The highest BCUT2D eigenvalue weighted by Crippen LogP contribution is 2.28. The minimum Gasteiger partial charge on any atom is -0.497 e. The Morgan fingerprint density at radius 3 is 2.32 bits per heavy atom. The molecule has 0 saturated carbocycles. The van der Waals surface area contributed by atoms with E-state index in [1.54, 1.807) is 31.2 Å². The van der Waals surface area contributed by atoms with Crippen molar-refractivity contribution in [2.75, 3.05) is 26.1 Å². The van der Waals surface area contributed by atoms with E-state index in [0.29, 0.717) is 17.2 Å². The summed E-state index contributed by atoms with van der Waals surface area (Å²) in [6.07, 6.45) is 0. The van der Waals surface area contributed by atoms with E-state index in [4.69, 9.17) is 14.2 Å². The van der Waals surface area contributed by atoms with Gasteiger partial charge in [-0.1, -0.05) is 6.07 Å². The molecular weight excluding hydrogens is 328 g/mol. The molecular formula is C17H18N2O6. The zero-order valence-electron chi connectivity index (χ0n) is 14.1. The molecule has 2 aromatic carbocycles. The molecule has 2 aromatic rings. The molecule has 0 aliphatic heterocycles. The fraction of sp³-hybridized carbons (Fsp3) is 0.235. The molecule has 0 atom stereocenters.